The Bertz CT molecular complexity index is 1720. The maximum atomic E-state index is 13.0. The fraction of sp³-hybridized carbons (Fsp3) is 0.940. The molecule has 0 aliphatic carbocycles. The van der Waals surface area contributed by atoms with Crippen LogP contribution in [0.15, 0.2) is 0 Å². The van der Waals surface area contributed by atoms with Gasteiger partial charge in [0.25, 0.3) is 0 Å². The third-order valence-corrected chi connectivity index (χ3v) is 17.6. The Hall–Kier alpha value is -1.94. The fourth-order valence-corrected chi connectivity index (χ4v) is 11.5. The molecule has 0 aromatic heterocycles. The zero-order valence-corrected chi connectivity index (χ0v) is 57.7. The molecule has 19 heteroatoms. The Balaban J connectivity index is 5.26. The normalized spacial score (nSPS) is 14.7. The molecule has 0 aromatic carbocycles. The van der Waals surface area contributed by atoms with E-state index in [1.54, 1.807) is 0 Å². The SMILES string of the molecule is CCC(C)CCCCCCCCCCC(=O)O[C@H](COC(=O)CCCCCCCCCC(C)C)COP(=O)(O)OCC(O)COP(=O)(O)OC[C@@H](COC(=O)CCCCCCCCCC(C)C)OC(=O)CCCCCCCCCCCCCC(C)C. The molecule has 0 fully saturated rings. The summed E-state index contributed by atoms with van der Waals surface area (Å²) >= 11 is 0. The Morgan fingerprint density at radius 2 is 0.558 bits per heavy atom. The molecule has 0 rings (SSSR count). The summed E-state index contributed by atoms with van der Waals surface area (Å²) < 4.78 is 68.1. The molecule has 0 saturated heterocycles. The number of carbonyl (C=O) groups excluding carboxylic acids is 4. The molecule has 0 bridgehead atoms. The van der Waals surface area contributed by atoms with Gasteiger partial charge in [0, 0.05) is 25.7 Å². The molecule has 0 aromatic rings. The average Bonchev–Trinajstić information content (AvgIpc) is 3.64. The lowest BCUT2D eigenvalue weighted by atomic mass is 9.99. The molecule has 0 saturated carbocycles. The Labute approximate surface area is 524 Å². The van der Waals surface area contributed by atoms with Gasteiger partial charge in [-0.05, 0) is 49.4 Å². The van der Waals surface area contributed by atoms with Crippen molar-refractivity contribution < 1.29 is 80.2 Å². The van der Waals surface area contributed by atoms with Crippen LogP contribution in [-0.4, -0.2) is 96.7 Å². The number of esters is 4. The standard InChI is InChI=1S/C67H130O17P2/c1-9-60(8)46-38-30-22-15-16-24-34-42-50-67(72)84-63(54-78-65(70)48-40-32-26-18-21-29-37-45-59(6)7)56-82-86(75,76)80-52-61(68)51-79-85(73,74)81-55-62(53-77-64(69)47-39-31-25-17-20-28-36-44-58(4)5)83-66(71)49-41-33-23-14-12-10-11-13-19-27-35-43-57(2)3/h57-63,68H,9-56H2,1-8H3,(H,73,74)(H,75,76)/t60?,61?,62-,63-/m1/s1. The summed E-state index contributed by atoms with van der Waals surface area (Å²) in [6.45, 7) is 14.0. The largest absolute Gasteiger partial charge is 0.472 e. The summed E-state index contributed by atoms with van der Waals surface area (Å²) in [7, 11) is -9.90. The highest BCUT2D eigenvalue weighted by atomic mass is 31.2. The molecule has 6 atom stereocenters. The average molecular weight is 1270 g/mol. The molecule has 0 aliphatic heterocycles. The van der Waals surface area contributed by atoms with Crippen molar-refractivity contribution in [1.29, 1.82) is 0 Å². The summed E-state index contributed by atoms with van der Waals surface area (Å²) in [5.41, 5.74) is 0. The van der Waals surface area contributed by atoms with E-state index in [0.717, 1.165) is 115 Å². The molecule has 510 valence electrons. The quantitative estimate of drug-likeness (QED) is 0.0222. The Kier molecular flexibility index (Phi) is 55.7. The van der Waals surface area contributed by atoms with Crippen LogP contribution < -0.4 is 0 Å². The highest BCUT2D eigenvalue weighted by Gasteiger charge is 2.30. The monoisotopic (exact) mass is 1270 g/mol. The molecule has 17 nitrogen and oxygen atoms in total. The second-order valence-corrected chi connectivity index (χ2v) is 28.8. The minimum absolute atomic E-state index is 0.103. The number of rotatable bonds is 64. The minimum atomic E-state index is -4.95. The number of ether oxygens (including phenoxy) is 4. The van der Waals surface area contributed by atoms with Crippen LogP contribution in [0.4, 0.5) is 0 Å². The number of aliphatic hydroxyl groups is 1. The summed E-state index contributed by atoms with van der Waals surface area (Å²) in [4.78, 5) is 72.4. The molecule has 0 spiro atoms. The van der Waals surface area contributed by atoms with Crippen molar-refractivity contribution in [2.75, 3.05) is 39.6 Å². The fourth-order valence-electron chi connectivity index (χ4n) is 9.93. The van der Waals surface area contributed by atoms with Crippen molar-refractivity contribution in [1.82, 2.24) is 0 Å². The molecule has 4 unspecified atom stereocenters. The lowest BCUT2D eigenvalue weighted by Gasteiger charge is -2.21. The number of unbranched alkanes of at least 4 members (excludes halogenated alkanes) is 29. The second-order valence-electron chi connectivity index (χ2n) is 25.9. The molecular weight excluding hydrogens is 1140 g/mol. The van der Waals surface area contributed by atoms with E-state index < -0.39 is 97.5 Å². The zero-order chi connectivity index (χ0) is 63.9. The first-order valence-electron chi connectivity index (χ1n) is 34.7. The van der Waals surface area contributed by atoms with E-state index in [2.05, 4.69) is 55.4 Å². The van der Waals surface area contributed by atoms with Gasteiger partial charge in [-0.25, -0.2) is 9.13 Å². The van der Waals surface area contributed by atoms with Gasteiger partial charge in [0.1, 0.15) is 19.3 Å². The molecule has 0 heterocycles. The van der Waals surface area contributed by atoms with Gasteiger partial charge < -0.3 is 33.8 Å². The highest BCUT2D eigenvalue weighted by molar-refractivity contribution is 7.47. The Morgan fingerprint density at radius 1 is 0.326 bits per heavy atom. The number of hydrogen-bond acceptors (Lipinski definition) is 15. The lowest BCUT2D eigenvalue weighted by molar-refractivity contribution is -0.161. The van der Waals surface area contributed by atoms with Crippen LogP contribution in [-0.2, 0) is 65.4 Å². The maximum absolute atomic E-state index is 13.0. The van der Waals surface area contributed by atoms with Crippen LogP contribution >= 0.6 is 15.6 Å². The summed E-state index contributed by atoms with van der Waals surface area (Å²) in [6, 6.07) is 0. The zero-order valence-electron chi connectivity index (χ0n) is 55.9. The minimum Gasteiger partial charge on any atom is -0.462 e. The number of phosphoric ester groups is 2. The first-order chi connectivity index (χ1) is 41.1. The van der Waals surface area contributed by atoms with E-state index in [0.29, 0.717) is 37.5 Å². The number of hydrogen-bond donors (Lipinski definition) is 3. The number of carbonyl (C=O) groups is 4. The van der Waals surface area contributed by atoms with Gasteiger partial charge in [-0.15, -0.1) is 0 Å². The molecular formula is C67H130O17P2. The van der Waals surface area contributed by atoms with E-state index in [1.807, 2.05) is 0 Å². The highest BCUT2D eigenvalue weighted by Crippen LogP contribution is 2.45. The van der Waals surface area contributed by atoms with Gasteiger partial charge in [0.05, 0.1) is 26.4 Å². The van der Waals surface area contributed by atoms with Crippen LogP contribution in [0.3, 0.4) is 0 Å². The van der Waals surface area contributed by atoms with Crippen LogP contribution in [0.2, 0.25) is 0 Å². The van der Waals surface area contributed by atoms with Gasteiger partial charge in [0.15, 0.2) is 12.2 Å². The molecule has 0 amide bonds. The lowest BCUT2D eigenvalue weighted by Crippen LogP contribution is -2.30. The third kappa shape index (κ3) is 59.7. The van der Waals surface area contributed by atoms with Gasteiger partial charge in [0.2, 0.25) is 0 Å². The van der Waals surface area contributed by atoms with Gasteiger partial charge >= 0.3 is 39.5 Å². The predicted molar refractivity (Wildman–Crippen MR) is 344 cm³/mol. The molecule has 0 aliphatic rings. The van der Waals surface area contributed by atoms with Gasteiger partial charge in [-0.2, -0.15) is 0 Å². The van der Waals surface area contributed by atoms with E-state index >= 15 is 0 Å². The van der Waals surface area contributed by atoms with Crippen molar-refractivity contribution >= 4 is 39.5 Å². The first-order valence-corrected chi connectivity index (χ1v) is 37.7. The first kappa shape index (κ1) is 84.1. The van der Waals surface area contributed by atoms with E-state index in [4.69, 9.17) is 37.0 Å². The van der Waals surface area contributed by atoms with Crippen molar-refractivity contribution in [2.45, 2.75) is 343 Å². The van der Waals surface area contributed by atoms with E-state index in [-0.39, 0.29) is 25.7 Å². The molecule has 86 heavy (non-hydrogen) atoms. The molecule has 3 N–H and O–H groups in total. The smallest absolute Gasteiger partial charge is 0.462 e. The van der Waals surface area contributed by atoms with Crippen LogP contribution in [0.5, 0.6) is 0 Å². The number of aliphatic hydroxyl groups excluding tert-OH is 1. The van der Waals surface area contributed by atoms with Crippen LogP contribution in [0.25, 0.3) is 0 Å². The Morgan fingerprint density at radius 3 is 0.826 bits per heavy atom. The van der Waals surface area contributed by atoms with Crippen molar-refractivity contribution in [3.63, 3.8) is 0 Å². The van der Waals surface area contributed by atoms with Gasteiger partial charge in [-0.3, -0.25) is 37.3 Å². The maximum Gasteiger partial charge on any atom is 0.472 e. The van der Waals surface area contributed by atoms with Crippen molar-refractivity contribution in [3.8, 4) is 0 Å². The van der Waals surface area contributed by atoms with Crippen molar-refractivity contribution in [2.24, 2.45) is 23.7 Å². The summed E-state index contributed by atoms with van der Waals surface area (Å²) in [5, 5.41) is 10.6. The van der Waals surface area contributed by atoms with Crippen LogP contribution in [0.1, 0.15) is 325 Å². The second kappa shape index (κ2) is 57.0. The van der Waals surface area contributed by atoms with E-state index in [1.165, 1.54) is 116 Å². The third-order valence-electron chi connectivity index (χ3n) is 15.7. The number of phosphoric acid groups is 2. The van der Waals surface area contributed by atoms with Crippen LogP contribution in [0, 0.1) is 23.7 Å². The topological polar surface area (TPSA) is 237 Å². The summed E-state index contributed by atoms with van der Waals surface area (Å²) in [6.07, 6.45) is 37.6. The van der Waals surface area contributed by atoms with E-state index in [9.17, 15) is 43.2 Å². The molecule has 0 radical (unpaired) electrons. The van der Waals surface area contributed by atoms with Crippen molar-refractivity contribution in [3.05, 3.63) is 0 Å². The summed E-state index contributed by atoms with van der Waals surface area (Å²) in [5.74, 6) is 0.809. The predicted octanol–water partition coefficient (Wildman–Crippen LogP) is 18.5. The van der Waals surface area contributed by atoms with Gasteiger partial charge in [-0.1, -0.05) is 274 Å².